The fraction of sp³-hybridized carbons (Fsp3) is 0. The Morgan fingerprint density at radius 3 is 1.16 bits per heavy atom. The van der Waals surface area contributed by atoms with Gasteiger partial charge in [0.15, 0.2) is 34.9 Å². The molecule has 10 aromatic rings. The number of fused-ring (bicyclic) bond motifs is 3. The Labute approximate surface area is 332 Å². The largest absolute Gasteiger partial charge is 0.208 e. The Bertz CT molecular complexity index is 3050. The van der Waals surface area contributed by atoms with Gasteiger partial charge in [-0.2, -0.15) is 5.26 Å². The Morgan fingerprint density at radius 2 is 0.684 bits per heavy atom. The van der Waals surface area contributed by atoms with Crippen LogP contribution in [0, 0.1) is 11.3 Å². The highest BCUT2D eigenvalue weighted by molar-refractivity contribution is 7.25. The zero-order valence-electron chi connectivity index (χ0n) is 30.3. The maximum absolute atomic E-state index is 9.21. The van der Waals surface area contributed by atoms with E-state index in [-0.39, 0.29) is 0 Å². The van der Waals surface area contributed by atoms with Gasteiger partial charge < -0.3 is 0 Å². The SMILES string of the molecule is N#Cc1ccc(-c2ccc(-c3nc(-c4ccccc4)nc(-c4ccc5c(c4)sc4ccc(-c6nc(-c7ccccc7)nc(-c7ccccc7)n6)cc45)n3)cc2)cc1. The molecule has 8 heteroatoms. The van der Waals surface area contributed by atoms with Crippen LogP contribution < -0.4 is 0 Å². The molecular weight excluding hydrogens is 719 g/mol. The van der Waals surface area contributed by atoms with Gasteiger partial charge >= 0.3 is 0 Å². The van der Waals surface area contributed by atoms with Crippen molar-refractivity contribution in [3.05, 3.63) is 181 Å². The van der Waals surface area contributed by atoms with Gasteiger partial charge in [0.25, 0.3) is 0 Å². The monoisotopic (exact) mass is 747 g/mol. The first-order valence-corrected chi connectivity index (χ1v) is 19.2. The fourth-order valence-electron chi connectivity index (χ4n) is 6.89. The molecule has 57 heavy (non-hydrogen) atoms. The van der Waals surface area contributed by atoms with Gasteiger partial charge in [-0.1, -0.05) is 140 Å². The lowest BCUT2D eigenvalue weighted by molar-refractivity contribution is 1.07. The summed E-state index contributed by atoms with van der Waals surface area (Å²) in [5.74, 6) is 3.68. The van der Waals surface area contributed by atoms with Gasteiger partial charge in [-0.05, 0) is 47.5 Å². The van der Waals surface area contributed by atoms with Gasteiger partial charge in [-0.15, -0.1) is 11.3 Å². The highest BCUT2D eigenvalue weighted by atomic mass is 32.1. The molecule has 0 radical (unpaired) electrons. The van der Waals surface area contributed by atoms with Crippen LogP contribution in [0.4, 0.5) is 0 Å². The van der Waals surface area contributed by atoms with Gasteiger partial charge in [0.1, 0.15) is 0 Å². The number of nitrogens with zero attached hydrogens (tertiary/aromatic N) is 7. The van der Waals surface area contributed by atoms with Crippen molar-refractivity contribution in [1.82, 2.24) is 29.9 Å². The van der Waals surface area contributed by atoms with Crippen LogP contribution in [0.3, 0.4) is 0 Å². The minimum atomic E-state index is 0.591. The quantitative estimate of drug-likeness (QED) is 0.160. The molecule has 3 aromatic heterocycles. The lowest BCUT2D eigenvalue weighted by Crippen LogP contribution is -2.00. The summed E-state index contributed by atoms with van der Waals surface area (Å²) < 4.78 is 2.29. The van der Waals surface area contributed by atoms with Gasteiger partial charge in [-0.25, -0.2) is 29.9 Å². The summed E-state index contributed by atoms with van der Waals surface area (Å²) in [6.07, 6.45) is 0. The molecule has 0 atom stereocenters. The van der Waals surface area contributed by atoms with Crippen LogP contribution in [0.2, 0.25) is 0 Å². The summed E-state index contributed by atoms with van der Waals surface area (Å²) in [5.41, 5.74) is 8.20. The Kier molecular flexibility index (Phi) is 8.60. The van der Waals surface area contributed by atoms with E-state index in [2.05, 4.69) is 54.6 Å². The molecule has 7 aromatic carbocycles. The predicted octanol–water partition coefficient (Wildman–Crippen LogP) is 12.0. The second-order valence-electron chi connectivity index (χ2n) is 13.5. The smallest absolute Gasteiger partial charge is 0.164 e. The van der Waals surface area contributed by atoms with Crippen LogP contribution >= 0.6 is 11.3 Å². The van der Waals surface area contributed by atoms with E-state index in [0.717, 1.165) is 64.7 Å². The molecule has 0 saturated carbocycles. The van der Waals surface area contributed by atoms with Crippen LogP contribution in [0.1, 0.15) is 5.56 Å². The maximum atomic E-state index is 9.21. The molecule has 7 nitrogen and oxygen atoms in total. The average molecular weight is 748 g/mol. The first-order chi connectivity index (χ1) is 28.1. The minimum absolute atomic E-state index is 0.591. The number of benzene rings is 7. The molecule has 0 aliphatic carbocycles. The standard InChI is InChI=1S/C49H29N7S/c50-30-31-16-18-32(19-17-31)33-20-22-37(23-21-33)47-52-46(36-14-8-3-9-15-36)55-49(56-47)39-24-26-40-41-28-38(25-27-42(41)57-43(40)29-39)48-53-44(34-10-4-1-5-11-34)51-45(54-48)35-12-6-2-7-13-35/h1-29H. The van der Waals surface area contributed by atoms with Crippen molar-refractivity contribution >= 4 is 31.5 Å². The van der Waals surface area contributed by atoms with Crippen molar-refractivity contribution in [2.45, 2.75) is 0 Å². The lowest BCUT2D eigenvalue weighted by Gasteiger charge is -2.09. The van der Waals surface area contributed by atoms with E-state index >= 15 is 0 Å². The van der Waals surface area contributed by atoms with Gasteiger partial charge in [0, 0.05) is 53.6 Å². The molecule has 0 aliphatic rings. The van der Waals surface area contributed by atoms with Gasteiger partial charge in [0.05, 0.1) is 11.6 Å². The Balaban J connectivity index is 1.04. The third-order valence-corrected chi connectivity index (χ3v) is 11.0. The summed E-state index contributed by atoms with van der Waals surface area (Å²) in [5, 5.41) is 11.5. The highest BCUT2D eigenvalue weighted by Crippen LogP contribution is 2.38. The fourth-order valence-corrected chi connectivity index (χ4v) is 8.02. The van der Waals surface area contributed by atoms with E-state index in [1.54, 1.807) is 11.3 Å². The van der Waals surface area contributed by atoms with Crippen LogP contribution in [-0.4, -0.2) is 29.9 Å². The van der Waals surface area contributed by atoms with Crippen molar-refractivity contribution in [2.24, 2.45) is 0 Å². The maximum Gasteiger partial charge on any atom is 0.164 e. The molecule has 0 bridgehead atoms. The Hall–Kier alpha value is -7.73. The molecule has 3 heterocycles. The number of rotatable bonds is 7. The Morgan fingerprint density at radius 1 is 0.316 bits per heavy atom. The average Bonchev–Trinajstić information content (AvgIpc) is 3.67. The second kappa shape index (κ2) is 14.5. The summed E-state index contributed by atoms with van der Waals surface area (Å²) in [6, 6.07) is 60.9. The first-order valence-electron chi connectivity index (χ1n) is 18.4. The predicted molar refractivity (Wildman–Crippen MR) is 229 cm³/mol. The second-order valence-corrected chi connectivity index (χ2v) is 14.6. The molecule has 0 unspecified atom stereocenters. The molecular formula is C49H29N7S. The summed E-state index contributed by atoms with van der Waals surface area (Å²) in [7, 11) is 0. The van der Waals surface area contributed by atoms with Crippen molar-refractivity contribution < 1.29 is 0 Å². The third-order valence-electron chi connectivity index (χ3n) is 9.84. The molecule has 10 rings (SSSR count). The molecule has 0 spiro atoms. The third kappa shape index (κ3) is 6.69. The molecule has 0 fully saturated rings. The van der Waals surface area contributed by atoms with E-state index in [1.165, 1.54) is 0 Å². The highest BCUT2D eigenvalue weighted by Gasteiger charge is 2.17. The summed E-state index contributed by atoms with van der Waals surface area (Å²) in [4.78, 5) is 29.8. The van der Waals surface area contributed by atoms with Crippen LogP contribution in [0.5, 0.6) is 0 Å². The number of hydrogen-bond acceptors (Lipinski definition) is 8. The van der Waals surface area contributed by atoms with Crippen LogP contribution in [0.25, 0.3) is 99.6 Å². The number of hydrogen-bond donors (Lipinski definition) is 0. The zero-order chi connectivity index (χ0) is 38.1. The van der Waals surface area contributed by atoms with E-state index in [4.69, 9.17) is 29.9 Å². The summed E-state index contributed by atoms with van der Waals surface area (Å²) >= 11 is 1.74. The van der Waals surface area contributed by atoms with Crippen molar-refractivity contribution in [3.8, 4) is 85.5 Å². The van der Waals surface area contributed by atoms with E-state index in [1.807, 2.05) is 127 Å². The summed E-state index contributed by atoms with van der Waals surface area (Å²) in [6.45, 7) is 0. The van der Waals surface area contributed by atoms with Crippen molar-refractivity contribution in [3.63, 3.8) is 0 Å². The van der Waals surface area contributed by atoms with E-state index in [0.29, 0.717) is 40.5 Å². The molecule has 0 aliphatic heterocycles. The molecule has 0 amide bonds. The van der Waals surface area contributed by atoms with Crippen LogP contribution in [0.15, 0.2) is 176 Å². The topological polar surface area (TPSA) is 101 Å². The van der Waals surface area contributed by atoms with Crippen molar-refractivity contribution in [1.29, 1.82) is 5.26 Å². The molecule has 0 saturated heterocycles. The van der Waals surface area contributed by atoms with Crippen molar-refractivity contribution in [2.75, 3.05) is 0 Å². The van der Waals surface area contributed by atoms with Gasteiger partial charge in [0.2, 0.25) is 0 Å². The van der Waals surface area contributed by atoms with Gasteiger partial charge in [-0.3, -0.25) is 0 Å². The lowest BCUT2D eigenvalue weighted by atomic mass is 10.0. The molecule has 266 valence electrons. The van der Waals surface area contributed by atoms with E-state index in [9.17, 15) is 5.26 Å². The zero-order valence-corrected chi connectivity index (χ0v) is 31.1. The normalized spacial score (nSPS) is 11.1. The minimum Gasteiger partial charge on any atom is -0.208 e. The van der Waals surface area contributed by atoms with E-state index < -0.39 is 0 Å². The first kappa shape index (κ1) is 33.8. The molecule has 0 N–H and O–H groups in total. The number of aromatic nitrogens is 6. The number of thiophene rings is 1. The number of nitriles is 1. The van der Waals surface area contributed by atoms with Crippen LogP contribution in [-0.2, 0) is 0 Å².